The summed E-state index contributed by atoms with van der Waals surface area (Å²) in [6.07, 6.45) is -10.1. The molecule has 0 rings (SSSR count). The van der Waals surface area contributed by atoms with E-state index < -0.39 is 18.7 Å². The fourth-order valence-corrected chi connectivity index (χ4v) is 0.164. The molecule has 0 spiro atoms. The lowest BCUT2D eigenvalue weighted by atomic mass is 11.3. The number of alkyl halides is 3. The predicted octanol–water partition coefficient (Wildman–Crippen LogP) is 1.68. The first-order chi connectivity index (χ1) is 5.31. The topological polar surface area (TPSA) is 61.8 Å². The smallest absolute Gasteiger partial charge is 0.332 e. The van der Waals surface area contributed by atoms with Gasteiger partial charge in [-0.2, -0.15) is 0 Å². The highest BCUT2D eigenvalue weighted by Crippen LogP contribution is 2.16. The Balaban J connectivity index is 3.65. The Morgan fingerprint density at radius 2 is 1.67 bits per heavy atom. The van der Waals surface area contributed by atoms with Crippen LogP contribution in [-0.4, -0.2) is 18.7 Å². The molecule has 0 amide bonds. The minimum Gasteiger partial charge on any atom is -0.332 e. The summed E-state index contributed by atoms with van der Waals surface area (Å²) in [5, 5.41) is 0. The zero-order chi connectivity index (χ0) is 9.78. The van der Waals surface area contributed by atoms with Gasteiger partial charge in [-0.25, -0.2) is 9.59 Å². The van der Waals surface area contributed by atoms with E-state index in [1.165, 1.54) is 0 Å². The van der Waals surface area contributed by atoms with Gasteiger partial charge in [0.25, 0.3) is 0 Å². The highest BCUT2D eigenvalue weighted by molar-refractivity contribution is 5.75. The maximum atomic E-state index is 11.1. The SMILES string of the molecule is O=C(F)OC(=O)OOC(F)(F)F. The van der Waals surface area contributed by atoms with Gasteiger partial charge < -0.3 is 4.74 Å². The van der Waals surface area contributed by atoms with E-state index in [4.69, 9.17) is 0 Å². The molecule has 9 heteroatoms. The van der Waals surface area contributed by atoms with Crippen molar-refractivity contribution in [2.24, 2.45) is 0 Å². The Labute approximate surface area is 61.7 Å². The van der Waals surface area contributed by atoms with Crippen molar-refractivity contribution in [1.82, 2.24) is 0 Å². The summed E-state index contributed by atoms with van der Waals surface area (Å²) in [4.78, 5) is 24.2. The van der Waals surface area contributed by atoms with Gasteiger partial charge in [0.1, 0.15) is 0 Å². The van der Waals surface area contributed by atoms with Crippen molar-refractivity contribution in [2.45, 2.75) is 6.36 Å². The molecule has 0 heterocycles. The fraction of sp³-hybridized carbons (Fsp3) is 0.333. The van der Waals surface area contributed by atoms with Gasteiger partial charge in [0.2, 0.25) is 0 Å². The van der Waals surface area contributed by atoms with Crippen molar-refractivity contribution in [1.29, 1.82) is 0 Å². The van der Waals surface area contributed by atoms with Crippen LogP contribution in [0.5, 0.6) is 0 Å². The number of ether oxygens (including phenoxy) is 1. The molecule has 0 radical (unpaired) electrons. The molecule has 0 saturated heterocycles. The van der Waals surface area contributed by atoms with E-state index >= 15 is 0 Å². The summed E-state index contributed by atoms with van der Waals surface area (Å²) >= 11 is 0. The van der Waals surface area contributed by atoms with Crippen molar-refractivity contribution in [2.75, 3.05) is 0 Å². The highest BCUT2D eigenvalue weighted by atomic mass is 19.4. The second-order valence-electron chi connectivity index (χ2n) is 1.20. The summed E-state index contributed by atoms with van der Waals surface area (Å²) in [6, 6.07) is 0. The van der Waals surface area contributed by atoms with Crippen LogP contribution in [0.1, 0.15) is 0 Å². The van der Waals surface area contributed by atoms with Gasteiger partial charge in [0, 0.05) is 0 Å². The van der Waals surface area contributed by atoms with E-state index in [9.17, 15) is 27.2 Å². The van der Waals surface area contributed by atoms with Crippen LogP contribution < -0.4 is 0 Å². The first-order valence-corrected chi connectivity index (χ1v) is 2.15. The molecule has 0 aliphatic heterocycles. The van der Waals surface area contributed by atoms with Crippen LogP contribution in [0.3, 0.4) is 0 Å². The van der Waals surface area contributed by atoms with Crippen LogP contribution in [-0.2, 0) is 14.5 Å². The molecule has 0 atom stereocenters. The number of carbonyl (C=O) groups excluding carboxylic acids is 2. The second-order valence-corrected chi connectivity index (χ2v) is 1.20. The Kier molecular flexibility index (Phi) is 3.41. The quantitative estimate of drug-likeness (QED) is 0.158. The Morgan fingerprint density at radius 1 is 1.17 bits per heavy atom. The van der Waals surface area contributed by atoms with E-state index in [2.05, 4.69) is 14.5 Å². The molecule has 0 saturated carbocycles. The molecule has 0 unspecified atom stereocenters. The monoisotopic (exact) mass is 192 g/mol. The number of rotatable bonds is 1. The summed E-state index contributed by atoms with van der Waals surface area (Å²) in [7, 11) is 0. The van der Waals surface area contributed by atoms with Gasteiger partial charge in [-0.3, -0.25) is 4.89 Å². The Hall–Kier alpha value is -1.38. The normalized spacial score (nSPS) is 10.7. The highest BCUT2D eigenvalue weighted by Gasteiger charge is 2.34. The van der Waals surface area contributed by atoms with E-state index in [-0.39, 0.29) is 0 Å². The standard InChI is InChI=1S/C3F4O5/c4-1(8)10-2(9)11-12-3(5,6)7. The second kappa shape index (κ2) is 3.85. The number of hydrogen-bond donors (Lipinski definition) is 0. The summed E-state index contributed by atoms with van der Waals surface area (Å²) < 4.78 is 47.0. The zero-order valence-corrected chi connectivity index (χ0v) is 5.05. The number of hydrogen-bond acceptors (Lipinski definition) is 5. The van der Waals surface area contributed by atoms with Crippen molar-refractivity contribution >= 4 is 12.4 Å². The lowest BCUT2D eigenvalue weighted by Gasteiger charge is -2.02. The van der Waals surface area contributed by atoms with Crippen LogP contribution in [0.15, 0.2) is 0 Å². The fourth-order valence-electron chi connectivity index (χ4n) is 0.164. The summed E-state index contributed by atoms with van der Waals surface area (Å²) in [5.74, 6) is 0. The molecular formula is C3F4O5. The van der Waals surface area contributed by atoms with E-state index in [1.54, 1.807) is 0 Å². The van der Waals surface area contributed by atoms with Gasteiger partial charge in [-0.15, -0.1) is 17.6 Å². The third kappa shape index (κ3) is 6.74. The first kappa shape index (κ1) is 10.6. The minimum absolute atomic E-state index is 2.25. The number of carbonyl (C=O) groups is 2. The van der Waals surface area contributed by atoms with Crippen LogP contribution in [0.25, 0.3) is 0 Å². The average Bonchev–Trinajstić information content (AvgIpc) is 1.80. The lowest BCUT2D eigenvalue weighted by Crippen LogP contribution is -2.18. The van der Waals surface area contributed by atoms with Gasteiger partial charge in [-0.05, 0) is 0 Å². The van der Waals surface area contributed by atoms with Crippen molar-refractivity contribution < 1.29 is 41.7 Å². The maximum Gasteiger partial charge on any atom is 0.558 e. The lowest BCUT2D eigenvalue weighted by molar-refractivity contribution is -0.461. The zero-order valence-electron chi connectivity index (χ0n) is 5.05. The average molecular weight is 192 g/mol. The predicted molar refractivity (Wildman–Crippen MR) is 21.2 cm³/mol. The van der Waals surface area contributed by atoms with Gasteiger partial charge in [-0.1, -0.05) is 4.89 Å². The molecule has 0 N–H and O–H groups in total. The summed E-state index contributed by atoms with van der Waals surface area (Å²) in [5.41, 5.74) is 0. The van der Waals surface area contributed by atoms with Crippen LogP contribution in [0, 0.1) is 0 Å². The largest absolute Gasteiger partial charge is 0.558 e. The molecule has 70 valence electrons. The van der Waals surface area contributed by atoms with E-state index in [1.807, 2.05) is 0 Å². The summed E-state index contributed by atoms with van der Waals surface area (Å²) in [6.45, 7) is 0. The third-order valence-corrected chi connectivity index (χ3v) is 0.368. The molecule has 5 nitrogen and oxygen atoms in total. The Morgan fingerprint density at radius 3 is 2.00 bits per heavy atom. The van der Waals surface area contributed by atoms with Crippen LogP contribution in [0.4, 0.5) is 27.2 Å². The van der Waals surface area contributed by atoms with E-state index in [0.717, 1.165) is 0 Å². The molecule has 0 aromatic heterocycles. The van der Waals surface area contributed by atoms with Gasteiger partial charge >= 0.3 is 18.7 Å². The van der Waals surface area contributed by atoms with Crippen molar-refractivity contribution in [3.63, 3.8) is 0 Å². The van der Waals surface area contributed by atoms with Crippen LogP contribution in [0.2, 0.25) is 0 Å². The molecular weight excluding hydrogens is 192 g/mol. The Bertz CT molecular complexity index is 186. The van der Waals surface area contributed by atoms with Gasteiger partial charge in [0.15, 0.2) is 0 Å². The van der Waals surface area contributed by atoms with Gasteiger partial charge in [0.05, 0.1) is 0 Å². The first-order valence-electron chi connectivity index (χ1n) is 2.15. The molecule has 12 heavy (non-hydrogen) atoms. The molecule has 0 bridgehead atoms. The molecule has 0 aliphatic rings. The minimum atomic E-state index is -5.24. The van der Waals surface area contributed by atoms with E-state index in [0.29, 0.717) is 0 Å². The molecule has 0 fully saturated rings. The number of halogens is 4. The van der Waals surface area contributed by atoms with Crippen molar-refractivity contribution in [3.05, 3.63) is 0 Å². The van der Waals surface area contributed by atoms with Crippen LogP contribution >= 0.6 is 0 Å². The van der Waals surface area contributed by atoms with Crippen molar-refractivity contribution in [3.8, 4) is 0 Å². The molecule has 0 aromatic carbocycles. The molecule has 0 aromatic rings. The molecule has 0 aliphatic carbocycles. The third-order valence-electron chi connectivity index (χ3n) is 0.368. The maximum absolute atomic E-state index is 11.1.